The zero-order valence-corrected chi connectivity index (χ0v) is 13.0. The van der Waals surface area contributed by atoms with Crippen LogP contribution in [0.1, 0.15) is 35.5 Å². The van der Waals surface area contributed by atoms with E-state index in [1.807, 2.05) is 30.5 Å². The smallest absolute Gasteiger partial charge is 0.315 e. The number of thiophene rings is 1. The summed E-state index contributed by atoms with van der Waals surface area (Å²) in [5, 5.41) is 23.1. The summed E-state index contributed by atoms with van der Waals surface area (Å²) in [7, 11) is 0. The molecule has 2 heterocycles. The highest BCUT2D eigenvalue weighted by atomic mass is 32.1. The van der Waals surface area contributed by atoms with Gasteiger partial charge in [0.25, 0.3) is 0 Å². The molecule has 0 saturated heterocycles. The van der Waals surface area contributed by atoms with Crippen molar-refractivity contribution in [2.75, 3.05) is 12.3 Å². The highest BCUT2D eigenvalue weighted by Crippen LogP contribution is 2.17. The second-order valence-electron chi connectivity index (χ2n) is 4.82. The van der Waals surface area contributed by atoms with Gasteiger partial charge in [-0.1, -0.05) is 6.07 Å². The maximum atomic E-state index is 11.8. The number of nitrogens with two attached hydrogens (primary N) is 1. The van der Waals surface area contributed by atoms with Crippen LogP contribution in [0.3, 0.4) is 0 Å². The van der Waals surface area contributed by atoms with Gasteiger partial charge in [0.15, 0.2) is 5.82 Å². The highest BCUT2D eigenvalue weighted by molar-refractivity contribution is 7.10. The van der Waals surface area contributed by atoms with Gasteiger partial charge < -0.3 is 16.4 Å². The summed E-state index contributed by atoms with van der Waals surface area (Å²) in [6.45, 7) is 2.45. The molecule has 0 spiro atoms. The molecule has 7 nitrogen and oxygen atoms in total. The van der Waals surface area contributed by atoms with E-state index in [9.17, 15) is 4.79 Å². The normalized spacial score (nSPS) is 11.6. The number of nitriles is 1. The Morgan fingerprint density at radius 2 is 2.45 bits per heavy atom. The zero-order valence-electron chi connectivity index (χ0n) is 12.2. The van der Waals surface area contributed by atoms with E-state index in [1.165, 1.54) is 0 Å². The lowest BCUT2D eigenvalue weighted by Crippen LogP contribution is -2.37. The Morgan fingerprint density at radius 1 is 1.64 bits per heavy atom. The van der Waals surface area contributed by atoms with Gasteiger partial charge in [0, 0.05) is 11.4 Å². The molecule has 0 aromatic carbocycles. The monoisotopic (exact) mass is 318 g/mol. The van der Waals surface area contributed by atoms with Crippen LogP contribution >= 0.6 is 11.3 Å². The van der Waals surface area contributed by atoms with Crippen LogP contribution in [-0.2, 0) is 6.42 Å². The standard InChI is InChI=1S/C14H18N6OS/c1-9(12-5-3-7-22-12)18-14(21)17-6-2-4-11-10(8-15)13(16)20-19-11/h3,5,7,9H,2,4,6H2,1H3,(H3,16,19,20)(H2,17,18,21). The van der Waals surface area contributed by atoms with Crippen LogP contribution in [0.5, 0.6) is 0 Å². The number of carbonyl (C=O) groups is 1. The van der Waals surface area contributed by atoms with Crippen LogP contribution in [0.25, 0.3) is 0 Å². The number of urea groups is 1. The van der Waals surface area contributed by atoms with Crippen LogP contribution in [0.15, 0.2) is 17.5 Å². The Hall–Kier alpha value is -2.53. The first-order chi connectivity index (χ1) is 10.6. The third-order valence-corrected chi connectivity index (χ3v) is 4.24. The van der Waals surface area contributed by atoms with E-state index in [2.05, 4.69) is 20.8 Å². The van der Waals surface area contributed by atoms with Crippen LogP contribution in [0, 0.1) is 11.3 Å². The number of nitrogen functional groups attached to an aromatic ring is 1. The molecule has 0 bridgehead atoms. The average molecular weight is 318 g/mol. The first-order valence-electron chi connectivity index (χ1n) is 6.92. The Labute approximate surface area is 132 Å². The van der Waals surface area contributed by atoms with E-state index in [0.29, 0.717) is 30.6 Å². The molecule has 0 saturated carbocycles. The molecular weight excluding hydrogens is 300 g/mol. The Kier molecular flexibility index (Phi) is 5.38. The molecule has 0 fully saturated rings. The quantitative estimate of drug-likeness (QED) is 0.608. The average Bonchev–Trinajstić information content (AvgIpc) is 3.13. The number of nitrogens with zero attached hydrogens (tertiary/aromatic N) is 2. The summed E-state index contributed by atoms with van der Waals surface area (Å²) in [5.41, 5.74) is 6.65. The minimum Gasteiger partial charge on any atom is -0.381 e. The van der Waals surface area contributed by atoms with Gasteiger partial charge in [-0.15, -0.1) is 11.3 Å². The molecule has 1 unspecified atom stereocenters. The first kappa shape index (κ1) is 15.9. The van der Waals surface area contributed by atoms with Gasteiger partial charge in [0.2, 0.25) is 0 Å². The van der Waals surface area contributed by atoms with Crippen LogP contribution < -0.4 is 16.4 Å². The van der Waals surface area contributed by atoms with Crippen molar-refractivity contribution >= 4 is 23.2 Å². The number of H-pyrrole nitrogens is 1. The molecule has 2 aromatic rings. The van der Waals surface area contributed by atoms with Gasteiger partial charge >= 0.3 is 6.03 Å². The van der Waals surface area contributed by atoms with Crippen molar-refractivity contribution < 1.29 is 4.79 Å². The lowest BCUT2D eigenvalue weighted by Gasteiger charge is -2.13. The predicted octanol–water partition coefficient (Wildman–Crippen LogP) is 1.92. The van der Waals surface area contributed by atoms with E-state index in [0.717, 1.165) is 4.88 Å². The zero-order chi connectivity index (χ0) is 15.9. The number of anilines is 1. The number of aromatic amines is 1. The summed E-state index contributed by atoms with van der Waals surface area (Å²) in [6, 6.07) is 5.74. The molecule has 5 N–H and O–H groups in total. The molecule has 116 valence electrons. The van der Waals surface area contributed by atoms with E-state index < -0.39 is 0 Å². The molecule has 0 aliphatic carbocycles. The van der Waals surface area contributed by atoms with Crippen molar-refractivity contribution in [3.8, 4) is 6.07 Å². The third kappa shape index (κ3) is 3.99. The van der Waals surface area contributed by atoms with Crippen molar-refractivity contribution in [2.45, 2.75) is 25.8 Å². The second kappa shape index (κ2) is 7.47. The van der Waals surface area contributed by atoms with Gasteiger partial charge in [-0.2, -0.15) is 10.4 Å². The summed E-state index contributed by atoms with van der Waals surface area (Å²) >= 11 is 1.61. The van der Waals surface area contributed by atoms with Gasteiger partial charge in [0.05, 0.1) is 11.7 Å². The van der Waals surface area contributed by atoms with E-state index in [1.54, 1.807) is 11.3 Å². The van der Waals surface area contributed by atoms with Crippen molar-refractivity contribution in [1.82, 2.24) is 20.8 Å². The highest BCUT2D eigenvalue weighted by Gasteiger charge is 2.11. The third-order valence-electron chi connectivity index (χ3n) is 3.19. The number of hydrogen-bond acceptors (Lipinski definition) is 5. The molecule has 2 amide bonds. The van der Waals surface area contributed by atoms with Gasteiger partial charge in [-0.25, -0.2) is 4.79 Å². The summed E-state index contributed by atoms with van der Waals surface area (Å²) in [5.74, 6) is 0.216. The maximum Gasteiger partial charge on any atom is 0.315 e. The number of carbonyl (C=O) groups excluding carboxylic acids is 1. The summed E-state index contributed by atoms with van der Waals surface area (Å²) < 4.78 is 0. The molecular formula is C14H18N6OS. The minimum absolute atomic E-state index is 0.0161. The van der Waals surface area contributed by atoms with E-state index >= 15 is 0 Å². The summed E-state index contributed by atoms with van der Waals surface area (Å²) in [4.78, 5) is 12.9. The van der Waals surface area contributed by atoms with Crippen molar-refractivity contribution in [3.63, 3.8) is 0 Å². The van der Waals surface area contributed by atoms with Crippen LogP contribution in [0.2, 0.25) is 0 Å². The number of amides is 2. The van der Waals surface area contributed by atoms with E-state index in [-0.39, 0.29) is 17.9 Å². The van der Waals surface area contributed by atoms with Crippen molar-refractivity contribution in [1.29, 1.82) is 5.26 Å². The number of rotatable bonds is 6. The lowest BCUT2D eigenvalue weighted by atomic mass is 10.1. The molecule has 8 heteroatoms. The predicted molar refractivity (Wildman–Crippen MR) is 85.3 cm³/mol. The molecule has 0 radical (unpaired) electrons. The second-order valence-corrected chi connectivity index (χ2v) is 5.79. The Bertz CT molecular complexity index is 657. The summed E-state index contributed by atoms with van der Waals surface area (Å²) in [6.07, 6.45) is 1.30. The van der Waals surface area contributed by atoms with Crippen molar-refractivity contribution in [2.24, 2.45) is 0 Å². The SMILES string of the molecule is CC(NC(=O)NCCCc1[nH]nc(N)c1C#N)c1cccs1. The first-order valence-corrected chi connectivity index (χ1v) is 7.80. The Balaban J connectivity index is 1.70. The number of aromatic nitrogens is 2. The Morgan fingerprint density at radius 3 is 3.14 bits per heavy atom. The molecule has 2 aromatic heterocycles. The van der Waals surface area contributed by atoms with E-state index in [4.69, 9.17) is 11.0 Å². The number of nitrogens with one attached hydrogen (secondary N) is 3. The topological polar surface area (TPSA) is 120 Å². The van der Waals surface area contributed by atoms with Crippen molar-refractivity contribution in [3.05, 3.63) is 33.6 Å². The van der Waals surface area contributed by atoms with Gasteiger partial charge in [-0.05, 0) is 31.2 Å². The van der Waals surface area contributed by atoms with Gasteiger partial charge in [0.1, 0.15) is 11.6 Å². The minimum atomic E-state index is -0.203. The van der Waals surface area contributed by atoms with Gasteiger partial charge in [-0.3, -0.25) is 5.10 Å². The molecule has 1 atom stereocenters. The number of aryl methyl sites for hydroxylation is 1. The maximum absolute atomic E-state index is 11.8. The fourth-order valence-corrected chi connectivity index (χ4v) is 2.76. The van der Waals surface area contributed by atoms with Crippen LogP contribution in [0.4, 0.5) is 10.6 Å². The molecule has 0 aliphatic heterocycles. The molecule has 22 heavy (non-hydrogen) atoms. The fourth-order valence-electron chi connectivity index (χ4n) is 2.02. The fraction of sp³-hybridized carbons (Fsp3) is 0.357. The largest absolute Gasteiger partial charge is 0.381 e. The van der Waals surface area contributed by atoms with Crippen LogP contribution in [-0.4, -0.2) is 22.8 Å². The molecule has 0 aliphatic rings. The molecule has 2 rings (SSSR count). The number of hydrogen-bond donors (Lipinski definition) is 4. The lowest BCUT2D eigenvalue weighted by molar-refractivity contribution is 0.238.